The third kappa shape index (κ3) is 5.73. The van der Waals surface area contributed by atoms with Gasteiger partial charge in [-0.3, -0.25) is 9.59 Å². The van der Waals surface area contributed by atoms with Gasteiger partial charge in [-0.15, -0.1) is 0 Å². The van der Waals surface area contributed by atoms with Crippen molar-refractivity contribution in [3.63, 3.8) is 0 Å². The lowest BCUT2D eigenvalue weighted by atomic mass is 9.95. The topological polar surface area (TPSA) is 43.4 Å². The summed E-state index contributed by atoms with van der Waals surface area (Å²) in [5.41, 5.74) is 0. The molecular weight excluding hydrogens is 180 g/mol. The molecule has 0 aliphatic carbocycles. The lowest BCUT2D eigenvalue weighted by molar-refractivity contribution is -0.146. The van der Waals surface area contributed by atoms with Gasteiger partial charge >= 0.3 is 5.97 Å². The van der Waals surface area contributed by atoms with Gasteiger partial charge in [0.15, 0.2) is 0 Å². The second kappa shape index (κ2) is 7.54. The highest BCUT2D eigenvalue weighted by Crippen LogP contribution is 2.14. The van der Waals surface area contributed by atoms with Gasteiger partial charge in [0.05, 0.1) is 13.0 Å². The number of carbonyl (C=O) groups excluding carboxylic acids is 2. The average Bonchev–Trinajstić information content (AvgIpc) is 2.12. The molecule has 0 aliphatic rings. The summed E-state index contributed by atoms with van der Waals surface area (Å²) >= 11 is 0. The van der Waals surface area contributed by atoms with Gasteiger partial charge in [0, 0.05) is 5.92 Å². The van der Waals surface area contributed by atoms with Gasteiger partial charge in [0.25, 0.3) is 0 Å². The maximum absolute atomic E-state index is 11.2. The van der Waals surface area contributed by atoms with Crippen molar-refractivity contribution in [2.75, 3.05) is 6.61 Å². The first-order valence-electron chi connectivity index (χ1n) is 5.27. The molecule has 0 N–H and O–H groups in total. The highest BCUT2D eigenvalue weighted by Gasteiger charge is 2.18. The van der Waals surface area contributed by atoms with E-state index in [0.29, 0.717) is 6.61 Å². The van der Waals surface area contributed by atoms with Crippen LogP contribution in [-0.4, -0.2) is 18.4 Å². The Labute approximate surface area is 85.8 Å². The minimum atomic E-state index is -0.260. The Bertz CT molecular complexity index is 187. The van der Waals surface area contributed by atoms with Crippen LogP contribution in [0.15, 0.2) is 0 Å². The van der Waals surface area contributed by atoms with Crippen molar-refractivity contribution in [3.05, 3.63) is 0 Å². The summed E-state index contributed by atoms with van der Waals surface area (Å²) in [5, 5.41) is 0. The van der Waals surface area contributed by atoms with E-state index in [1.807, 2.05) is 0 Å². The maximum atomic E-state index is 11.2. The molecule has 1 unspecified atom stereocenters. The highest BCUT2D eigenvalue weighted by atomic mass is 16.5. The number of ether oxygens (including phenoxy) is 1. The van der Waals surface area contributed by atoms with Gasteiger partial charge in [-0.1, -0.05) is 19.8 Å². The molecule has 0 amide bonds. The number of carbonyl (C=O) groups is 2. The minimum absolute atomic E-state index is 0.0894. The zero-order valence-electron chi connectivity index (χ0n) is 9.34. The third-order valence-corrected chi connectivity index (χ3v) is 2.20. The first-order chi connectivity index (χ1) is 6.61. The molecule has 1 atom stereocenters. The van der Waals surface area contributed by atoms with Gasteiger partial charge in [-0.05, 0) is 20.3 Å². The van der Waals surface area contributed by atoms with Crippen LogP contribution in [-0.2, 0) is 14.3 Å². The fourth-order valence-corrected chi connectivity index (χ4v) is 1.32. The molecule has 0 rings (SSSR count). The molecule has 0 bridgehead atoms. The molecule has 0 aromatic heterocycles. The number of ketones is 1. The SMILES string of the molecule is CCCCC(CC(=O)OCC)C(C)=O. The first-order valence-corrected chi connectivity index (χ1v) is 5.27. The molecule has 0 aliphatic heterocycles. The molecule has 0 aromatic carbocycles. The van der Waals surface area contributed by atoms with Crippen molar-refractivity contribution in [2.45, 2.75) is 46.5 Å². The fourth-order valence-electron chi connectivity index (χ4n) is 1.32. The fraction of sp³-hybridized carbons (Fsp3) is 0.818. The Morgan fingerprint density at radius 1 is 1.29 bits per heavy atom. The van der Waals surface area contributed by atoms with Gasteiger partial charge in [-0.25, -0.2) is 0 Å². The molecular formula is C11H20O3. The lowest BCUT2D eigenvalue weighted by Crippen LogP contribution is -2.17. The quantitative estimate of drug-likeness (QED) is 0.592. The minimum Gasteiger partial charge on any atom is -0.466 e. The zero-order chi connectivity index (χ0) is 11.0. The third-order valence-electron chi connectivity index (χ3n) is 2.20. The normalized spacial score (nSPS) is 12.2. The predicted molar refractivity (Wildman–Crippen MR) is 54.9 cm³/mol. The van der Waals surface area contributed by atoms with Crippen LogP contribution in [0.25, 0.3) is 0 Å². The number of unbranched alkanes of at least 4 members (excludes halogenated alkanes) is 1. The van der Waals surface area contributed by atoms with Crippen LogP contribution in [0.3, 0.4) is 0 Å². The van der Waals surface area contributed by atoms with Crippen LogP contribution in [0.4, 0.5) is 0 Å². The number of esters is 1. The van der Waals surface area contributed by atoms with Crippen LogP contribution in [0.5, 0.6) is 0 Å². The number of Topliss-reactive ketones (excluding diaryl/α,β-unsaturated/α-hetero) is 1. The number of rotatable bonds is 7. The van der Waals surface area contributed by atoms with Crippen LogP contribution < -0.4 is 0 Å². The van der Waals surface area contributed by atoms with E-state index in [1.165, 1.54) is 0 Å². The summed E-state index contributed by atoms with van der Waals surface area (Å²) in [7, 11) is 0. The van der Waals surface area contributed by atoms with E-state index in [9.17, 15) is 9.59 Å². The van der Waals surface area contributed by atoms with Crippen molar-refractivity contribution in [2.24, 2.45) is 5.92 Å². The summed E-state index contributed by atoms with van der Waals surface area (Å²) in [6.45, 7) is 5.77. The number of hydrogen-bond donors (Lipinski definition) is 0. The predicted octanol–water partition coefficient (Wildman–Crippen LogP) is 2.33. The second-order valence-corrected chi connectivity index (χ2v) is 3.46. The van der Waals surface area contributed by atoms with E-state index < -0.39 is 0 Å². The van der Waals surface area contributed by atoms with E-state index in [1.54, 1.807) is 13.8 Å². The van der Waals surface area contributed by atoms with Gasteiger partial charge < -0.3 is 4.74 Å². The van der Waals surface area contributed by atoms with Gasteiger partial charge in [-0.2, -0.15) is 0 Å². The Kier molecular flexibility index (Phi) is 7.07. The molecule has 14 heavy (non-hydrogen) atoms. The van der Waals surface area contributed by atoms with E-state index in [2.05, 4.69) is 6.92 Å². The molecule has 0 fully saturated rings. The van der Waals surface area contributed by atoms with Gasteiger partial charge in [0.1, 0.15) is 5.78 Å². The summed E-state index contributed by atoms with van der Waals surface area (Å²) < 4.78 is 4.81. The van der Waals surface area contributed by atoms with Crippen molar-refractivity contribution in [3.8, 4) is 0 Å². The molecule has 0 aromatic rings. The van der Waals surface area contributed by atoms with Crippen molar-refractivity contribution < 1.29 is 14.3 Å². The van der Waals surface area contributed by atoms with E-state index in [-0.39, 0.29) is 24.1 Å². The Morgan fingerprint density at radius 3 is 2.36 bits per heavy atom. The Morgan fingerprint density at radius 2 is 1.93 bits per heavy atom. The zero-order valence-corrected chi connectivity index (χ0v) is 9.34. The second-order valence-electron chi connectivity index (χ2n) is 3.46. The molecule has 0 radical (unpaired) electrons. The van der Waals surface area contributed by atoms with Crippen LogP contribution in [0, 0.1) is 5.92 Å². The lowest BCUT2D eigenvalue weighted by Gasteiger charge is -2.11. The molecule has 0 saturated carbocycles. The number of hydrogen-bond acceptors (Lipinski definition) is 3. The summed E-state index contributed by atoms with van der Waals surface area (Å²) in [4.78, 5) is 22.3. The standard InChI is InChI=1S/C11H20O3/c1-4-6-7-10(9(3)12)8-11(13)14-5-2/h10H,4-8H2,1-3H3. The molecule has 0 spiro atoms. The van der Waals surface area contributed by atoms with Crippen LogP contribution >= 0.6 is 0 Å². The molecule has 82 valence electrons. The smallest absolute Gasteiger partial charge is 0.306 e. The van der Waals surface area contributed by atoms with Crippen molar-refractivity contribution in [1.82, 2.24) is 0 Å². The molecule has 0 saturated heterocycles. The average molecular weight is 200 g/mol. The van der Waals surface area contributed by atoms with Gasteiger partial charge in [0.2, 0.25) is 0 Å². The highest BCUT2D eigenvalue weighted by molar-refractivity contribution is 5.83. The summed E-state index contributed by atoms with van der Waals surface area (Å²) in [6.07, 6.45) is 3.07. The summed E-state index contributed by atoms with van der Waals surface area (Å²) in [5.74, 6) is -0.315. The Balaban J connectivity index is 3.95. The van der Waals surface area contributed by atoms with Crippen LogP contribution in [0.2, 0.25) is 0 Å². The van der Waals surface area contributed by atoms with E-state index in [4.69, 9.17) is 4.74 Å². The van der Waals surface area contributed by atoms with E-state index in [0.717, 1.165) is 19.3 Å². The molecule has 3 nitrogen and oxygen atoms in total. The summed E-state index contributed by atoms with van der Waals surface area (Å²) in [6, 6.07) is 0. The largest absolute Gasteiger partial charge is 0.466 e. The van der Waals surface area contributed by atoms with Crippen molar-refractivity contribution in [1.29, 1.82) is 0 Å². The molecule has 3 heteroatoms. The molecule has 0 heterocycles. The maximum Gasteiger partial charge on any atom is 0.306 e. The van der Waals surface area contributed by atoms with Crippen LogP contribution in [0.1, 0.15) is 46.5 Å². The Hall–Kier alpha value is -0.860. The van der Waals surface area contributed by atoms with Crippen molar-refractivity contribution >= 4 is 11.8 Å². The first kappa shape index (κ1) is 13.1. The van der Waals surface area contributed by atoms with E-state index >= 15 is 0 Å². The monoisotopic (exact) mass is 200 g/mol.